The van der Waals surface area contributed by atoms with Gasteiger partial charge in [0.05, 0.1) is 25.3 Å². The molecule has 0 aromatic heterocycles. The molecular formula is C9H18N2O3. The molecule has 1 heterocycles. The summed E-state index contributed by atoms with van der Waals surface area (Å²) in [6.45, 7) is 3.04. The summed E-state index contributed by atoms with van der Waals surface area (Å²) in [5.74, 6) is 0. The number of rotatable bonds is 2. The molecule has 1 saturated heterocycles. The molecule has 1 rings (SSSR count). The van der Waals surface area contributed by atoms with Gasteiger partial charge in [0.1, 0.15) is 0 Å². The van der Waals surface area contributed by atoms with E-state index in [0.717, 1.165) is 0 Å². The van der Waals surface area contributed by atoms with Crippen LogP contribution in [0.5, 0.6) is 0 Å². The maximum absolute atomic E-state index is 11.3. The maximum atomic E-state index is 11.3. The van der Waals surface area contributed by atoms with Crippen molar-refractivity contribution in [3.05, 3.63) is 0 Å². The van der Waals surface area contributed by atoms with Gasteiger partial charge in [-0.15, -0.1) is 0 Å². The molecule has 0 saturated carbocycles. The third-order valence-corrected chi connectivity index (χ3v) is 2.45. The van der Waals surface area contributed by atoms with E-state index in [1.165, 1.54) is 0 Å². The number of likely N-dealkylation sites (N-methyl/N-ethyl adjacent to an activating group) is 1. The molecule has 82 valence electrons. The zero-order chi connectivity index (χ0) is 10.7. The van der Waals surface area contributed by atoms with Crippen molar-refractivity contribution in [3.8, 4) is 0 Å². The number of carbonyl (C=O) groups is 1. The molecule has 1 amide bonds. The van der Waals surface area contributed by atoms with Crippen LogP contribution in [0.1, 0.15) is 6.92 Å². The van der Waals surface area contributed by atoms with E-state index in [0.29, 0.717) is 19.7 Å². The average molecular weight is 202 g/mol. The lowest BCUT2D eigenvalue weighted by Crippen LogP contribution is -2.38. The van der Waals surface area contributed by atoms with Crippen LogP contribution in [0.25, 0.3) is 0 Å². The van der Waals surface area contributed by atoms with E-state index in [4.69, 9.17) is 4.74 Å². The Labute approximate surface area is 84.2 Å². The smallest absolute Gasteiger partial charge is 0.409 e. The second-order valence-electron chi connectivity index (χ2n) is 3.70. The van der Waals surface area contributed by atoms with Crippen molar-refractivity contribution in [2.45, 2.75) is 19.1 Å². The normalized spacial score (nSPS) is 27.1. The molecule has 1 aliphatic rings. The lowest BCUT2D eigenvalue weighted by atomic mass is 10.2. The molecule has 14 heavy (non-hydrogen) atoms. The molecule has 0 radical (unpaired) electrons. The lowest BCUT2D eigenvalue weighted by molar-refractivity contribution is 0.103. The van der Waals surface area contributed by atoms with Gasteiger partial charge in [-0.2, -0.15) is 0 Å². The van der Waals surface area contributed by atoms with Gasteiger partial charge in [-0.25, -0.2) is 4.79 Å². The quantitative estimate of drug-likeness (QED) is 0.671. The predicted molar refractivity (Wildman–Crippen MR) is 52.1 cm³/mol. The highest BCUT2D eigenvalue weighted by atomic mass is 16.6. The SMILES string of the molecule is CCOC(=O)N1C[C@@H](N(C)C)[C@@H](O)C1. The van der Waals surface area contributed by atoms with Gasteiger partial charge in [0.2, 0.25) is 0 Å². The third kappa shape index (κ3) is 2.36. The fourth-order valence-corrected chi connectivity index (χ4v) is 1.64. The van der Waals surface area contributed by atoms with Gasteiger partial charge >= 0.3 is 6.09 Å². The predicted octanol–water partition coefficient (Wildman–Crippen LogP) is -0.250. The molecule has 1 fully saturated rings. The number of likely N-dealkylation sites (tertiary alicyclic amines) is 1. The number of ether oxygens (including phenoxy) is 1. The number of amides is 1. The Balaban J connectivity index is 2.50. The summed E-state index contributed by atoms with van der Waals surface area (Å²) in [7, 11) is 3.78. The zero-order valence-electron chi connectivity index (χ0n) is 8.93. The first-order chi connectivity index (χ1) is 6.56. The number of β-amino-alcohol motifs (C(OH)–C–C–N with tert-alkyl or cyclic N) is 1. The van der Waals surface area contributed by atoms with E-state index >= 15 is 0 Å². The van der Waals surface area contributed by atoms with Gasteiger partial charge in [0, 0.05) is 6.54 Å². The van der Waals surface area contributed by atoms with E-state index in [-0.39, 0.29) is 12.1 Å². The molecule has 0 aliphatic carbocycles. The minimum Gasteiger partial charge on any atom is -0.450 e. The van der Waals surface area contributed by atoms with E-state index in [1.807, 2.05) is 19.0 Å². The van der Waals surface area contributed by atoms with E-state index < -0.39 is 6.10 Å². The summed E-state index contributed by atoms with van der Waals surface area (Å²) in [5.41, 5.74) is 0. The molecule has 0 unspecified atom stereocenters. The number of carbonyl (C=O) groups excluding carboxylic acids is 1. The Morgan fingerprint density at radius 1 is 1.57 bits per heavy atom. The van der Waals surface area contributed by atoms with Crippen LogP contribution in [-0.2, 0) is 4.74 Å². The van der Waals surface area contributed by atoms with Crippen LogP contribution >= 0.6 is 0 Å². The van der Waals surface area contributed by atoms with E-state index in [9.17, 15) is 9.90 Å². The second kappa shape index (κ2) is 4.61. The van der Waals surface area contributed by atoms with Crippen molar-refractivity contribution in [3.63, 3.8) is 0 Å². The monoisotopic (exact) mass is 202 g/mol. The van der Waals surface area contributed by atoms with Crippen molar-refractivity contribution in [1.82, 2.24) is 9.80 Å². The van der Waals surface area contributed by atoms with Crippen LogP contribution in [0.4, 0.5) is 4.79 Å². The summed E-state index contributed by atoms with van der Waals surface area (Å²) >= 11 is 0. The number of aliphatic hydroxyl groups is 1. The van der Waals surface area contributed by atoms with Crippen LogP contribution in [0.2, 0.25) is 0 Å². The summed E-state index contributed by atoms with van der Waals surface area (Å²) in [6, 6.07) is 0.0133. The van der Waals surface area contributed by atoms with Crippen LogP contribution in [0.15, 0.2) is 0 Å². The number of aliphatic hydroxyl groups excluding tert-OH is 1. The molecule has 0 spiro atoms. The van der Waals surface area contributed by atoms with Crippen LogP contribution in [0.3, 0.4) is 0 Å². The Bertz CT molecular complexity index is 208. The molecule has 5 heteroatoms. The van der Waals surface area contributed by atoms with Gasteiger partial charge in [0.15, 0.2) is 0 Å². The number of hydrogen-bond acceptors (Lipinski definition) is 4. The summed E-state index contributed by atoms with van der Waals surface area (Å²) in [5, 5.41) is 9.66. The van der Waals surface area contributed by atoms with Crippen LogP contribution < -0.4 is 0 Å². The lowest BCUT2D eigenvalue weighted by Gasteiger charge is -2.21. The van der Waals surface area contributed by atoms with Gasteiger partial charge in [-0.05, 0) is 21.0 Å². The van der Waals surface area contributed by atoms with Crippen molar-refractivity contribution >= 4 is 6.09 Å². The molecule has 0 aromatic rings. The van der Waals surface area contributed by atoms with Crippen LogP contribution in [-0.4, -0.2) is 66.9 Å². The van der Waals surface area contributed by atoms with Crippen molar-refractivity contribution in [2.24, 2.45) is 0 Å². The van der Waals surface area contributed by atoms with Gasteiger partial charge in [-0.1, -0.05) is 0 Å². The summed E-state index contributed by atoms with van der Waals surface area (Å²) in [6.07, 6.45) is -0.815. The highest BCUT2D eigenvalue weighted by Crippen LogP contribution is 2.14. The molecule has 1 N–H and O–H groups in total. The molecule has 0 bridgehead atoms. The topological polar surface area (TPSA) is 53.0 Å². The van der Waals surface area contributed by atoms with Crippen LogP contribution in [0, 0.1) is 0 Å². The fraction of sp³-hybridized carbons (Fsp3) is 0.889. The second-order valence-corrected chi connectivity index (χ2v) is 3.70. The van der Waals surface area contributed by atoms with Gasteiger partial charge < -0.3 is 19.6 Å². The minimum atomic E-state index is -0.477. The van der Waals surface area contributed by atoms with Crippen molar-refractivity contribution in [2.75, 3.05) is 33.8 Å². The van der Waals surface area contributed by atoms with E-state index in [2.05, 4.69) is 0 Å². The number of nitrogens with zero attached hydrogens (tertiary/aromatic N) is 2. The third-order valence-electron chi connectivity index (χ3n) is 2.45. The molecule has 2 atom stereocenters. The fourth-order valence-electron chi connectivity index (χ4n) is 1.64. The van der Waals surface area contributed by atoms with Crippen molar-refractivity contribution < 1.29 is 14.6 Å². The molecule has 1 aliphatic heterocycles. The first-order valence-corrected chi connectivity index (χ1v) is 4.82. The summed E-state index contributed by atoms with van der Waals surface area (Å²) < 4.78 is 4.86. The highest BCUT2D eigenvalue weighted by Gasteiger charge is 2.35. The Morgan fingerprint density at radius 3 is 2.64 bits per heavy atom. The van der Waals surface area contributed by atoms with Gasteiger partial charge in [0.25, 0.3) is 0 Å². The summed E-state index contributed by atoms with van der Waals surface area (Å²) in [4.78, 5) is 14.8. The van der Waals surface area contributed by atoms with Gasteiger partial charge in [-0.3, -0.25) is 0 Å². The Kier molecular flexibility index (Phi) is 3.71. The zero-order valence-corrected chi connectivity index (χ0v) is 8.93. The minimum absolute atomic E-state index is 0.0133. The Morgan fingerprint density at radius 2 is 2.21 bits per heavy atom. The molecule has 5 nitrogen and oxygen atoms in total. The first kappa shape index (κ1) is 11.3. The standard InChI is InChI=1S/C9H18N2O3/c1-4-14-9(13)11-5-7(10(2)3)8(12)6-11/h7-8,12H,4-6H2,1-3H3/t7-,8+/m1/s1. The highest BCUT2D eigenvalue weighted by molar-refractivity contribution is 5.68. The Hall–Kier alpha value is -0.810. The number of hydrogen-bond donors (Lipinski definition) is 1. The van der Waals surface area contributed by atoms with Crippen molar-refractivity contribution in [1.29, 1.82) is 0 Å². The maximum Gasteiger partial charge on any atom is 0.409 e. The first-order valence-electron chi connectivity index (χ1n) is 4.82. The van der Waals surface area contributed by atoms with E-state index in [1.54, 1.807) is 11.8 Å². The average Bonchev–Trinajstić information content (AvgIpc) is 2.48. The largest absolute Gasteiger partial charge is 0.450 e. The molecule has 0 aromatic carbocycles. The molecular weight excluding hydrogens is 184 g/mol.